The summed E-state index contributed by atoms with van der Waals surface area (Å²) in [6.07, 6.45) is 4.61. The van der Waals surface area contributed by atoms with E-state index < -0.39 is 5.41 Å². The van der Waals surface area contributed by atoms with Crippen LogP contribution in [0.4, 0.5) is 5.82 Å². The van der Waals surface area contributed by atoms with Gasteiger partial charge >= 0.3 is 0 Å². The zero-order valence-electron chi connectivity index (χ0n) is 10.1. The summed E-state index contributed by atoms with van der Waals surface area (Å²) in [5.41, 5.74) is 0.650. The number of halogens is 1. The van der Waals surface area contributed by atoms with Gasteiger partial charge in [-0.3, -0.25) is 4.79 Å². The average Bonchev–Trinajstić information content (AvgIpc) is 3.24. The fraction of sp³-hybridized carbons (Fsp3) is 0.214. The number of carbonyl (C=O) groups excluding carboxylic acids is 1. The minimum Gasteiger partial charge on any atom is -0.309 e. The lowest BCUT2D eigenvalue weighted by Gasteiger charge is -2.15. The molecule has 0 bridgehead atoms. The number of rotatable bonds is 3. The molecule has 0 saturated heterocycles. The minimum absolute atomic E-state index is 0.0321. The maximum atomic E-state index is 12.4. The highest BCUT2D eigenvalue weighted by atomic mass is 35.5. The molecular formula is C14H12ClN3O. The van der Waals surface area contributed by atoms with E-state index in [9.17, 15) is 4.79 Å². The molecule has 1 saturated carbocycles. The zero-order chi connectivity index (χ0) is 13.3. The minimum atomic E-state index is -0.400. The molecular weight excluding hydrogens is 262 g/mol. The van der Waals surface area contributed by atoms with E-state index in [4.69, 9.17) is 11.6 Å². The maximum absolute atomic E-state index is 12.4. The number of hydrogen-bond acceptors (Lipinski definition) is 3. The summed E-state index contributed by atoms with van der Waals surface area (Å²) >= 11 is 5.66. The molecule has 0 radical (unpaired) electrons. The molecule has 1 amide bonds. The first kappa shape index (κ1) is 12.1. The van der Waals surface area contributed by atoms with E-state index in [0.717, 1.165) is 18.4 Å². The molecule has 19 heavy (non-hydrogen) atoms. The normalized spacial score (nSPS) is 15.8. The topological polar surface area (TPSA) is 54.9 Å². The number of anilines is 1. The van der Waals surface area contributed by atoms with Crippen molar-refractivity contribution in [1.82, 2.24) is 9.97 Å². The fourth-order valence-electron chi connectivity index (χ4n) is 2.14. The number of amides is 1. The van der Waals surface area contributed by atoms with Crippen molar-refractivity contribution in [3.05, 3.63) is 53.4 Å². The number of benzene rings is 1. The largest absolute Gasteiger partial charge is 0.309 e. The van der Waals surface area contributed by atoms with Gasteiger partial charge in [0.2, 0.25) is 5.91 Å². The summed E-state index contributed by atoms with van der Waals surface area (Å²) in [5, 5.41) is 3.11. The molecule has 1 aromatic heterocycles. The van der Waals surface area contributed by atoms with Crippen LogP contribution in [-0.4, -0.2) is 15.9 Å². The molecule has 5 heteroatoms. The van der Waals surface area contributed by atoms with Crippen LogP contribution in [0.1, 0.15) is 18.4 Å². The monoisotopic (exact) mass is 273 g/mol. The smallest absolute Gasteiger partial charge is 0.236 e. The highest BCUT2D eigenvalue weighted by Crippen LogP contribution is 2.48. The molecule has 1 aliphatic carbocycles. The van der Waals surface area contributed by atoms with Gasteiger partial charge in [0.1, 0.15) is 5.15 Å². The molecule has 0 atom stereocenters. The number of nitrogens with zero attached hydrogens (tertiary/aromatic N) is 2. The van der Waals surface area contributed by atoms with Crippen molar-refractivity contribution in [2.24, 2.45) is 0 Å². The second kappa shape index (κ2) is 4.63. The highest BCUT2D eigenvalue weighted by Gasteiger charge is 2.51. The number of nitrogens with one attached hydrogen (secondary N) is 1. The van der Waals surface area contributed by atoms with E-state index in [-0.39, 0.29) is 5.91 Å². The van der Waals surface area contributed by atoms with Gasteiger partial charge in [0.25, 0.3) is 0 Å². The molecule has 0 unspecified atom stereocenters. The Kier molecular flexibility index (Phi) is 2.95. The first-order valence-electron chi connectivity index (χ1n) is 6.05. The summed E-state index contributed by atoms with van der Waals surface area (Å²) in [6.45, 7) is 0. The Morgan fingerprint density at radius 2 is 1.89 bits per heavy atom. The Labute approximate surface area is 115 Å². The van der Waals surface area contributed by atoms with E-state index in [1.807, 2.05) is 30.3 Å². The Balaban J connectivity index is 1.79. The first-order chi connectivity index (χ1) is 9.21. The van der Waals surface area contributed by atoms with Gasteiger partial charge in [0.05, 0.1) is 17.8 Å². The summed E-state index contributed by atoms with van der Waals surface area (Å²) in [4.78, 5) is 20.3. The second-order valence-corrected chi connectivity index (χ2v) is 5.01. The van der Waals surface area contributed by atoms with Gasteiger partial charge in [0.15, 0.2) is 5.82 Å². The van der Waals surface area contributed by atoms with Crippen LogP contribution in [0.2, 0.25) is 5.15 Å². The van der Waals surface area contributed by atoms with Crippen molar-refractivity contribution < 1.29 is 4.79 Å². The van der Waals surface area contributed by atoms with Crippen LogP contribution in [0.3, 0.4) is 0 Å². The van der Waals surface area contributed by atoms with Crippen molar-refractivity contribution in [2.75, 3.05) is 5.32 Å². The van der Waals surface area contributed by atoms with Crippen LogP contribution >= 0.6 is 11.6 Å². The summed E-state index contributed by atoms with van der Waals surface area (Å²) in [6, 6.07) is 9.82. The van der Waals surface area contributed by atoms with Crippen LogP contribution in [0.5, 0.6) is 0 Å². The lowest BCUT2D eigenvalue weighted by Crippen LogP contribution is -2.28. The van der Waals surface area contributed by atoms with Crippen molar-refractivity contribution in [3.8, 4) is 0 Å². The number of hydrogen-bond donors (Lipinski definition) is 1. The van der Waals surface area contributed by atoms with Gasteiger partial charge in [-0.15, -0.1) is 0 Å². The quantitative estimate of drug-likeness (QED) is 0.936. The SMILES string of the molecule is O=C(Nc1cnc(Cl)cn1)C1(c2ccccc2)CC1. The molecule has 3 rings (SSSR count). The molecule has 0 spiro atoms. The van der Waals surface area contributed by atoms with Crippen molar-refractivity contribution in [3.63, 3.8) is 0 Å². The molecule has 1 heterocycles. The van der Waals surface area contributed by atoms with Gasteiger partial charge in [0, 0.05) is 0 Å². The number of aromatic nitrogens is 2. The Morgan fingerprint density at radius 1 is 1.16 bits per heavy atom. The summed E-state index contributed by atoms with van der Waals surface area (Å²) in [7, 11) is 0. The summed E-state index contributed by atoms with van der Waals surface area (Å²) in [5.74, 6) is 0.395. The number of carbonyl (C=O) groups is 1. The molecule has 1 aliphatic rings. The Bertz CT molecular complexity index is 594. The van der Waals surface area contributed by atoms with Gasteiger partial charge in [-0.25, -0.2) is 9.97 Å². The van der Waals surface area contributed by atoms with Gasteiger partial charge in [-0.2, -0.15) is 0 Å². The Morgan fingerprint density at radius 3 is 2.47 bits per heavy atom. The van der Waals surface area contributed by atoms with Crippen molar-refractivity contribution in [1.29, 1.82) is 0 Å². The molecule has 1 fully saturated rings. The average molecular weight is 274 g/mol. The van der Waals surface area contributed by atoms with Gasteiger partial charge < -0.3 is 5.32 Å². The van der Waals surface area contributed by atoms with Crippen LogP contribution in [0.25, 0.3) is 0 Å². The fourth-order valence-corrected chi connectivity index (χ4v) is 2.24. The van der Waals surface area contributed by atoms with E-state index in [0.29, 0.717) is 11.0 Å². The lowest BCUT2D eigenvalue weighted by atomic mass is 9.95. The summed E-state index contributed by atoms with van der Waals surface area (Å²) < 4.78 is 0. The van der Waals surface area contributed by atoms with Crippen LogP contribution in [0.15, 0.2) is 42.7 Å². The van der Waals surface area contributed by atoms with Crippen LogP contribution in [-0.2, 0) is 10.2 Å². The van der Waals surface area contributed by atoms with E-state index in [2.05, 4.69) is 15.3 Å². The van der Waals surface area contributed by atoms with E-state index >= 15 is 0 Å². The van der Waals surface area contributed by atoms with Gasteiger partial charge in [-0.1, -0.05) is 41.9 Å². The second-order valence-electron chi connectivity index (χ2n) is 4.63. The van der Waals surface area contributed by atoms with Crippen LogP contribution in [0, 0.1) is 0 Å². The third kappa shape index (κ3) is 2.31. The van der Waals surface area contributed by atoms with Crippen LogP contribution < -0.4 is 5.32 Å². The molecule has 0 aliphatic heterocycles. The lowest BCUT2D eigenvalue weighted by molar-refractivity contribution is -0.118. The third-order valence-electron chi connectivity index (χ3n) is 3.37. The van der Waals surface area contributed by atoms with Gasteiger partial charge in [-0.05, 0) is 18.4 Å². The molecule has 1 aromatic carbocycles. The molecule has 96 valence electrons. The standard InChI is InChI=1S/C14H12ClN3O/c15-11-8-17-12(9-16-11)18-13(19)14(6-7-14)10-4-2-1-3-5-10/h1-5,8-9H,6-7H2,(H,17,18,19). The van der Waals surface area contributed by atoms with Crippen molar-refractivity contribution >= 4 is 23.3 Å². The van der Waals surface area contributed by atoms with E-state index in [1.54, 1.807) is 0 Å². The zero-order valence-corrected chi connectivity index (χ0v) is 10.9. The predicted molar refractivity (Wildman–Crippen MR) is 73.0 cm³/mol. The van der Waals surface area contributed by atoms with E-state index in [1.165, 1.54) is 12.4 Å². The first-order valence-corrected chi connectivity index (χ1v) is 6.43. The maximum Gasteiger partial charge on any atom is 0.236 e. The molecule has 1 N–H and O–H groups in total. The third-order valence-corrected chi connectivity index (χ3v) is 3.57. The highest BCUT2D eigenvalue weighted by molar-refractivity contribution is 6.29. The predicted octanol–water partition coefficient (Wildman–Crippen LogP) is 2.80. The Hall–Kier alpha value is -1.94. The van der Waals surface area contributed by atoms with Crippen molar-refractivity contribution in [2.45, 2.75) is 18.3 Å². The molecule has 2 aromatic rings. The molecule has 4 nitrogen and oxygen atoms in total.